The van der Waals surface area contributed by atoms with E-state index in [1.165, 1.54) is 6.07 Å². The molecule has 0 bridgehead atoms. The van der Waals surface area contributed by atoms with Gasteiger partial charge in [-0.15, -0.1) is 0 Å². The molecular formula is C31H22F10O2. The van der Waals surface area contributed by atoms with Crippen LogP contribution in [0.15, 0.2) is 36.4 Å². The second kappa shape index (κ2) is 11.6. The SMILES string of the molecule is CCCCCc1cc2c(c(F)c1F)OC(c1cc3ccc(C(F)(F)Oc4cc(F)c(F)c(F)c4)c(F)c3c(F)c1F)CC2. The van der Waals surface area contributed by atoms with Crippen molar-refractivity contribution in [3.05, 3.63) is 105 Å². The van der Waals surface area contributed by atoms with E-state index in [0.717, 1.165) is 25.0 Å². The molecule has 0 N–H and O–H groups in total. The van der Waals surface area contributed by atoms with Crippen LogP contribution < -0.4 is 9.47 Å². The molecule has 1 aliphatic heterocycles. The lowest BCUT2D eigenvalue weighted by Crippen LogP contribution is -2.24. The Morgan fingerprint density at radius 2 is 1.49 bits per heavy atom. The van der Waals surface area contributed by atoms with Crippen molar-refractivity contribution in [2.75, 3.05) is 0 Å². The standard InChI is InChI=1S/C31H22F10O2/c1-2-3-4-5-15-10-16-7-9-22(42-30(16)29(39)24(15)34)18-11-14-6-8-19(26(36)23(14)28(38)25(18)35)31(40,41)43-17-12-20(32)27(37)21(33)13-17/h6,8,10-13,22H,2-5,7,9H2,1H3. The lowest BCUT2D eigenvalue weighted by atomic mass is 9.92. The number of halogens is 10. The van der Waals surface area contributed by atoms with Crippen LogP contribution in [0.5, 0.6) is 11.5 Å². The predicted molar refractivity (Wildman–Crippen MR) is 136 cm³/mol. The molecule has 2 nitrogen and oxygen atoms in total. The van der Waals surface area contributed by atoms with Gasteiger partial charge in [0.05, 0.1) is 5.39 Å². The van der Waals surface area contributed by atoms with Gasteiger partial charge < -0.3 is 9.47 Å². The third-order valence-corrected chi connectivity index (χ3v) is 7.31. The van der Waals surface area contributed by atoms with Crippen molar-refractivity contribution >= 4 is 10.8 Å². The average molecular weight is 616 g/mol. The van der Waals surface area contributed by atoms with Gasteiger partial charge in [-0.25, -0.2) is 30.7 Å². The molecule has 1 aliphatic rings. The van der Waals surface area contributed by atoms with Gasteiger partial charge in [0.1, 0.15) is 23.2 Å². The maximum absolute atomic E-state index is 15.3. The van der Waals surface area contributed by atoms with Crippen LogP contribution in [-0.4, -0.2) is 0 Å². The van der Waals surface area contributed by atoms with Gasteiger partial charge >= 0.3 is 6.11 Å². The number of ether oxygens (including phenoxy) is 2. The molecule has 1 unspecified atom stereocenters. The molecule has 0 amide bonds. The Labute approximate surface area is 238 Å². The predicted octanol–water partition coefficient (Wildman–Crippen LogP) is 9.88. The first-order chi connectivity index (χ1) is 20.3. The molecular weight excluding hydrogens is 594 g/mol. The first kappa shape index (κ1) is 30.5. The zero-order valence-corrected chi connectivity index (χ0v) is 22.4. The molecule has 5 rings (SSSR count). The minimum absolute atomic E-state index is 0.0194. The van der Waals surface area contributed by atoms with Gasteiger partial charge in [0.15, 0.2) is 40.7 Å². The van der Waals surface area contributed by atoms with Crippen molar-refractivity contribution < 1.29 is 53.4 Å². The molecule has 4 aromatic rings. The molecule has 4 aromatic carbocycles. The molecule has 0 saturated carbocycles. The van der Waals surface area contributed by atoms with E-state index in [-0.39, 0.29) is 35.9 Å². The molecule has 43 heavy (non-hydrogen) atoms. The van der Waals surface area contributed by atoms with E-state index >= 15 is 13.2 Å². The summed E-state index contributed by atoms with van der Waals surface area (Å²) in [4.78, 5) is 0. The summed E-state index contributed by atoms with van der Waals surface area (Å²) in [6.07, 6.45) is -3.17. The topological polar surface area (TPSA) is 18.5 Å². The van der Waals surface area contributed by atoms with Crippen molar-refractivity contribution in [3.8, 4) is 11.5 Å². The van der Waals surface area contributed by atoms with Crippen molar-refractivity contribution in [1.29, 1.82) is 0 Å². The molecule has 0 radical (unpaired) electrons. The summed E-state index contributed by atoms with van der Waals surface area (Å²) in [7, 11) is 0. The Bertz CT molecular complexity index is 1700. The summed E-state index contributed by atoms with van der Waals surface area (Å²) in [5.74, 6) is -15.2. The summed E-state index contributed by atoms with van der Waals surface area (Å²) in [5, 5.41) is -1.57. The Kier molecular flexibility index (Phi) is 8.24. The van der Waals surface area contributed by atoms with Crippen LogP contribution in [0.4, 0.5) is 43.9 Å². The fraction of sp³-hybridized carbons (Fsp3) is 0.290. The summed E-state index contributed by atoms with van der Waals surface area (Å²) < 4.78 is 155. The molecule has 0 fully saturated rings. The molecule has 0 aromatic heterocycles. The third-order valence-electron chi connectivity index (χ3n) is 7.31. The van der Waals surface area contributed by atoms with E-state index < -0.39 is 86.8 Å². The van der Waals surface area contributed by atoms with E-state index in [2.05, 4.69) is 4.74 Å². The zero-order chi connectivity index (χ0) is 31.2. The Morgan fingerprint density at radius 3 is 2.16 bits per heavy atom. The van der Waals surface area contributed by atoms with E-state index in [1.54, 1.807) is 0 Å². The van der Waals surface area contributed by atoms with Gasteiger partial charge in [-0.3, -0.25) is 0 Å². The maximum Gasteiger partial charge on any atom is 0.429 e. The third kappa shape index (κ3) is 5.59. The van der Waals surface area contributed by atoms with E-state index in [9.17, 15) is 30.7 Å². The normalized spacial score (nSPS) is 15.0. The number of alkyl halides is 2. The molecule has 1 atom stereocenters. The number of hydrogen-bond donors (Lipinski definition) is 0. The largest absolute Gasteiger partial charge is 0.482 e. The Balaban J connectivity index is 1.47. The lowest BCUT2D eigenvalue weighted by Gasteiger charge is -2.28. The van der Waals surface area contributed by atoms with Crippen LogP contribution in [0.2, 0.25) is 0 Å². The number of unbranched alkanes of at least 4 members (excludes halogenated alkanes) is 2. The van der Waals surface area contributed by atoms with Crippen LogP contribution in [0.1, 0.15) is 61.0 Å². The number of hydrogen-bond acceptors (Lipinski definition) is 2. The van der Waals surface area contributed by atoms with Gasteiger partial charge in [0.25, 0.3) is 0 Å². The highest BCUT2D eigenvalue weighted by atomic mass is 19.3. The quantitative estimate of drug-likeness (QED) is 0.112. The first-order valence-corrected chi connectivity index (χ1v) is 13.3. The number of benzene rings is 4. The minimum Gasteiger partial charge on any atom is -0.482 e. The molecule has 0 spiro atoms. The van der Waals surface area contributed by atoms with Crippen molar-refractivity contribution in [2.24, 2.45) is 0 Å². The van der Waals surface area contributed by atoms with Gasteiger partial charge in [-0.2, -0.15) is 13.2 Å². The fourth-order valence-corrected chi connectivity index (χ4v) is 5.14. The highest BCUT2D eigenvalue weighted by Gasteiger charge is 2.40. The minimum atomic E-state index is -4.66. The molecule has 0 saturated heterocycles. The van der Waals surface area contributed by atoms with E-state index in [0.29, 0.717) is 24.5 Å². The highest BCUT2D eigenvalue weighted by Crippen LogP contribution is 2.43. The summed E-state index contributed by atoms with van der Waals surface area (Å²) in [5.41, 5.74) is -1.56. The smallest absolute Gasteiger partial charge is 0.429 e. The molecule has 0 aliphatic carbocycles. The Hall–Kier alpha value is -3.96. The van der Waals surface area contributed by atoms with E-state index in [4.69, 9.17) is 4.74 Å². The van der Waals surface area contributed by atoms with Crippen molar-refractivity contribution in [1.82, 2.24) is 0 Å². The van der Waals surface area contributed by atoms with E-state index in [1.807, 2.05) is 6.92 Å². The number of fused-ring (bicyclic) bond motifs is 2. The maximum atomic E-state index is 15.3. The van der Waals surface area contributed by atoms with Crippen molar-refractivity contribution in [3.63, 3.8) is 0 Å². The number of rotatable bonds is 8. The van der Waals surface area contributed by atoms with Crippen molar-refractivity contribution in [2.45, 2.75) is 57.7 Å². The van der Waals surface area contributed by atoms with Gasteiger partial charge in [0, 0.05) is 17.7 Å². The average Bonchev–Trinajstić information content (AvgIpc) is 2.95. The van der Waals surface area contributed by atoms with Gasteiger partial charge in [-0.05, 0) is 60.4 Å². The van der Waals surface area contributed by atoms with Crippen LogP contribution in [0, 0.1) is 46.5 Å². The molecule has 228 valence electrons. The summed E-state index contributed by atoms with van der Waals surface area (Å²) >= 11 is 0. The molecule has 12 heteroatoms. The van der Waals surface area contributed by atoms with Gasteiger partial charge in [0.2, 0.25) is 5.82 Å². The lowest BCUT2D eigenvalue weighted by molar-refractivity contribution is -0.187. The monoisotopic (exact) mass is 616 g/mol. The second-order valence-electron chi connectivity index (χ2n) is 10.2. The van der Waals surface area contributed by atoms with Crippen LogP contribution in [-0.2, 0) is 19.0 Å². The summed E-state index contributed by atoms with van der Waals surface area (Å²) in [6, 6.07) is 3.92. The van der Waals surface area contributed by atoms with Crippen LogP contribution in [0.25, 0.3) is 10.8 Å². The summed E-state index contributed by atoms with van der Waals surface area (Å²) in [6.45, 7) is 1.96. The number of aryl methyl sites for hydroxylation is 2. The van der Waals surface area contributed by atoms with Crippen LogP contribution >= 0.6 is 0 Å². The molecule has 1 heterocycles. The van der Waals surface area contributed by atoms with Crippen LogP contribution in [0.3, 0.4) is 0 Å². The second-order valence-corrected chi connectivity index (χ2v) is 10.2. The first-order valence-electron chi connectivity index (χ1n) is 13.3. The fourth-order valence-electron chi connectivity index (χ4n) is 5.14. The zero-order valence-electron chi connectivity index (χ0n) is 22.4. The highest BCUT2D eigenvalue weighted by molar-refractivity contribution is 5.85. The van der Waals surface area contributed by atoms with Gasteiger partial charge in [-0.1, -0.05) is 25.8 Å². The Morgan fingerprint density at radius 1 is 0.791 bits per heavy atom.